The average molecular weight is 130 g/mol. The lowest BCUT2D eigenvalue weighted by molar-refractivity contribution is 0.324. The molecule has 0 aliphatic carbocycles. The van der Waals surface area contributed by atoms with Gasteiger partial charge in [0.1, 0.15) is 0 Å². The minimum absolute atomic E-state index is 0.109. The number of hydrogen-bond acceptors (Lipinski definition) is 3. The van der Waals surface area contributed by atoms with Crippen molar-refractivity contribution in [3.8, 4) is 0 Å². The molecule has 0 atom stereocenters. The van der Waals surface area contributed by atoms with Crippen LogP contribution in [0.3, 0.4) is 0 Å². The van der Waals surface area contributed by atoms with E-state index in [1.54, 1.807) is 6.92 Å². The summed E-state index contributed by atoms with van der Waals surface area (Å²) in [5, 5.41) is 9.98. The number of nitrogens with one attached hydrogen (secondary N) is 1. The van der Waals surface area contributed by atoms with Gasteiger partial charge >= 0.3 is 0 Å². The van der Waals surface area contributed by atoms with E-state index in [1.807, 2.05) is 13.8 Å². The molecule has 0 unspecified atom stereocenters. The molecule has 0 saturated carbocycles. The Morgan fingerprint density at radius 1 is 1.56 bits per heavy atom. The van der Waals surface area contributed by atoms with Gasteiger partial charge in [-0.3, -0.25) is 5.41 Å². The van der Waals surface area contributed by atoms with Gasteiger partial charge in [0.15, 0.2) is 0 Å². The maximum Gasteiger partial charge on any atom is 0.214 e. The molecule has 1 N–H and O–H groups in total. The molecule has 0 bridgehead atoms. The fraction of sp³-hybridized carbons (Fsp3) is 0.667. The smallest absolute Gasteiger partial charge is 0.214 e. The van der Waals surface area contributed by atoms with E-state index in [4.69, 9.17) is 5.41 Å². The minimum Gasteiger partial charge on any atom is -0.343 e. The highest BCUT2D eigenvalue weighted by atomic mass is 16.6. The molecule has 3 nitrogen and oxygen atoms in total. The lowest BCUT2D eigenvalue weighted by Crippen LogP contribution is -1.87. The molecule has 0 aliphatic heterocycles. The molecule has 0 amide bonds. The van der Waals surface area contributed by atoms with Crippen molar-refractivity contribution in [2.45, 2.75) is 27.7 Å². The molecular weight excluding hydrogens is 116 g/mol. The predicted octanol–water partition coefficient (Wildman–Crippen LogP) is 2.03. The van der Waals surface area contributed by atoms with Crippen LogP contribution in [-0.4, -0.2) is 12.1 Å². The van der Waals surface area contributed by atoms with E-state index in [0.717, 1.165) is 0 Å². The van der Waals surface area contributed by atoms with Crippen LogP contribution in [0.2, 0.25) is 0 Å². The Labute approximate surface area is 56.2 Å². The van der Waals surface area contributed by atoms with Gasteiger partial charge in [-0.2, -0.15) is 0 Å². The third kappa shape index (κ3) is 19.1. The second kappa shape index (κ2) is 10.2. The molecule has 9 heavy (non-hydrogen) atoms. The van der Waals surface area contributed by atoms with Crippen LogP contribution in [0.1, 0.15) is 27.7 Å². The zero-order valence-electron chi connectivity index (χ0n) is 6.43. The van der Waals surface area contributed by atoms with Gasteiger partial charge in [-0.1, -0.05) is 19.0 Å². The summed E-state index contributed by atoms with van der Waals surface area (Å²) in [5.41, 5.74) is 0. The van der Waals surface area contributed by atoms with Gasteiger partial charge in [0.2, 0.25) is 5.90 Å². The summed E-state index contributed by atoms with van der Waals surface area (Å²) < 4.78 is 0. The summed E-state index contributed by atoms with van der Waals surface area (Å²) in [6, 6.07) is 0. The highest BCUT2D eigenvalue weighted by Gasteiger charge is 1.76. The second-order valence-electron chi connectivity index (χ2n) is 1.01. The highest BCUT2D eigenvalue weighted by Crippen LogP contribution is 1.73. The largest absolute Gasteiger partial charge is 0.343 e. The lowest BCUT2D eigenvalue weighted by atomic mass is 10.8. The molecule has 0 radical (unpaired) electrons. The van der Waals surface area contributed by atoms with Crippen molar-refractivity contribution in [3.63, 3.8) is 0 Å². The maximum atomic E-state index is 6.66. The Balaban J connectivity index is 0. The first-order valence-electron chi connectivity index (χ1n) is 2.97. The fourth-order valence-electron chi connectivity index (χ4n) is 0.132. The molecule has 0 saturated heterocycles. The molecule has 0 rings (SSSR count). The molecule has 0 aromatic carbocycles. The Hall–Kier alpha value is -0.860. The van der Waals surface area contributed by atoms with Crippen LogP contribution in [-0.2, 0) is 4.84 Å². The van der Waals surface area contributed by atoms with Crippen molar-refractivity contribution in [2.75, 3.05) is 0 Å². The zero-order chi connectivity index (χ0) is 7.70. The van der Waals surface area contributed by atoms with E-state index < -0.39 is 0 Å². The fourth-order valence-corrected chi connectivity index (χ4v) is 0.132. The highest BCUT2D eigenvalue weighted by molar-refractivity contribution is 5.69. The molecule has 0 spiro atoms. The van der Waals surface area contributed by atoms with E-state index in [-0.39, 0.29) is 5.90 Å². The van der Waals surface area contributed by atoms with Crippen LogP contribution < -0.4 is 0 Å². The van der Waals surface area contributed by atoms with Crippen LogP contribution >= 0.6 is 0 Å². The molecule has 0 heterocycles. The third-order valence-electron chi connectivity index (χ3n) is 0.295. The monoisotopic (exact) mass is 130 g/mol. The van der Waals surface area contributed by atoms with E-state index >= 15 is 0 Å². The van der Waals surface area contributed by atoms with Gasteiger partial charge in [-0.25, -0.2) is 0 Å². The normalized spacial score (nSPS) is 8.00. The Morgan fingerprint density at radius 2 is 2.00 bits per heavy atom. The summed E-state index contributed by atoms with van der Waals surface area (Å²) in [6.07, 6.45) is 1.48. The van der Waals surface area contributed by atoms with Crippen LogP contribution in [0, 0.1) is 5.41 Å². The van der Waals surface area contributed by atoms with Gasteiger partial charge in [0, 0.05) is 13.1 Å². The summed E-state index contributed by atoms with van der Waals surface area (Å²) in [5.74, 6) is 0.109. The Kier molecular flexibility index (Phi) is 12.5. The second-order valence-corrected chi connectivity index (χ2v) is 1.01. The van der Waals surface area contributed by atoms with Crippen molar-refractivity contribution in [1.82, 2.24) is 0 Å². The van der Waals surface area contributed by atoms with Gasteiger partial charge in [0.25, 0.3) is 0 Å². The van der Waals surface area contributed by atoms with Crippen molar-refractivity contribution >= 4 is 12.1 Å². The van der Waals surface area contributed by atoms with Gasteiger partial charge in [0.05, 0.1) is 0 Å². The molecule has 0 aliphatic rings. The van der Waals surface area contributed by atoms with E-state index in [0.29, 0.717) is 0 Å². The average Bonchev–Trinajstić information content (AvgIpc) is 1.88. The zero-order valence-corrected chi connectivity index (χ0v) is 6.43. The Morgan fingerprint density at radius 3 is 2.11 bits per heavy atom. The van der Waals surface area contributed by atoms with Crippen LogP contribution in [0.25, 0.3) is 0 Å². The number of oxime groups is 1. The molecule has 0 aromatic heterocycles. The predicted molar refractivity (Wildman–Crippen MR) is 40.0 cm³/mol. The summed E-state index contributed by atoms with van der Waals surface area (Å²) in [7, 11) is 0. The lowest BCUT2D eigenvalue weighted by Gasteiger charge is -1.86. The summed E-state index contributed by atoms with van der Waals surface area (Å²) in [6.45, 7) is 7.25. The van der Waals surface area contributed by atoms with E-state index in [2.05, 4.69) is 9.99 Å². The van der Waals surface area contributed by atoms with E-state index in [1.165, 1.54) is 13.1 Å². The van der Waals surface area contributed by atoms with E-state index in [9.17, 15) is 0 Å². The minimum atomic E-state index is 0.109. The molecule has 0 fully saturated rings. The first-order valence-corrected chi connectivity index (χ1v) is 2.97. The maximum absolute atomic E-state index is 6.66. The van der Waals surface area contributed by atoms with Crippen molar-refractivity contribution in [3.05, 3.63) is 0 Å². The van der Waals surface area contributed by atoms with Crippen LogP contribution in [0.4, 0.5) is 0 Å². The van der Waals surface area contributed by atoms with Crippen molar-refractivity contribution < 1.29 is 4.84 Å². The molecule has 54 valence electrons. The standard InChI is InChI=1S/C4H8N2O.C2H6/c1-3-6-7-4(2)5;1-2/h3,5H,1-2H3;1-2H3/b5-4?,6-3-;. The quantitative estimate of drug-likeness (QED) is 0.329. The molecule has 0 aromatic rings. The number of hydrogen-bond donors (Lipinski definition) is 1. The number of nitrogens with zero attached hydrogens (tertiary/aromatic N) is 1. The molecule has 3 heteroatoms. The van der Waals surface area contributed by atoms with Crippen molar-refractivity contribution in [2.24, 2.45) is 5.16 Å². The topological polar surface area (TPSA) is 45.4 Å². The van der Waals surface area contributed by atoms with Gasteiger partial charge in [-0.15, -0.1) is 0 Å². The first kappa shape index (κ1) is 11.0. The van der Waals surface area contributed by atoms with Gasteiger partial charge < -0.3 is 4.84 Å². The van der Waals surface area contributed by atoms with Crippen LogP contribution in [0.5, 0.6) is 0 Å². The van der Waals surface area contributed by atoms with Crippen LogP contribution in [0.15, 0.2) is 5.16 Å². The third-order valence-corrected chi connectivity index (χ3v) is 0.295. The summed E-state index contributed by atoms with van der Waals surface area (Å²) in [4.78, 5) is 4.34. The summed E-state index contributed by atoms with van der Waals surface area (Å²) >= 11 is 0. The number of rotatable bonds is 1. The Bertz CT molecular complexity index is 89.1. The first-order chi connectivity index (χ1) is 4.27. The van der Waals surface area contributed by atoms with Gasteiger partial charge in [-0.05, 0) is 6.92 Å². The SMILES string of the molecule is C/C=N\OC(C)=N.CC. The molecular formula is C6H14N2O. The van der Waals surface area contributed by atoms with Crippen molar-refractivity contribution in [1.29, 1.82) is 5.41 Å².